The smallest absolute Gasteiger partial charge is 0.224 e. The fraction of sp³-hybridized carbons (Fsp3) is 0.435. The predicted molar refractivity (Wildman–Crippen MR) is 116 cm³/mol. The number of amides is 1. The van der Waals surface area contributed by atoms with E-state index in [2.05, 4.69) is 27.2 Å². The minimum atomic E-state index is 0.0611. The van der Waals surface area contributed by atoms with E-state index < -0.39 is 0 Å². The lowest BCUT2D eigenvalue weighted by molar-refractivity contribution is -0.120. The van der Waals surface area contributed by atoms with E-state index in [0.717, 1.165) is 49.8 Å². The van der Waals surface area contributed by atoms with Crippen molar-refractivity contribution >= 4 is 11.6 Å². The molecule has 0 spiro atoms. The van der Waals surface area contributed by atoms with Crippen molar-refractivity contribution in [2.24, 2.45) is 0 Å². The van der Waals surface area contributed by atoms with Gasteiger partial charge in [0.25, 0.3) is 0 Å². The van der Waals surface area contributed by atoms with Crippen molar-refractivity contribution < 1.29 is 14.3 Å². The number of carbonyl (C=O) groups excluding carboxylic acids is 1. The van der Waals surface area contributed by atoms with Crippen LogP contribution in [0.25, 0.3) is 0 Å². The van der Waals surface area contributed by atoms with Crippen molar-refractivity contribution in [2.75, 3.05) is 57.9 Å². The van der Waals surface area contributed by atoms with Crippen LogP contribution < -0.4 is 19.7 Å². The molecular formula is C23H31N3O3. The summed E-state index contributed by atoms with van der Waals surface area (Å²) in [4.78, 5) is 17.0. The van der Waals surface area contributed by atoms with Gasteiger partial charge in [-0.1, -0.05) is 12.1 Å². The van der Waals surface area contributed by atoms with Crippen molar-refractivity contribution in [3.63, 3.8) is 0 Å². The Balaban J connectivity index is 1.34. The highest BCUT2D eigenvalue weighted by Crippen LogP contribution is 2.20. The zero-order valence-corrected chi connectivity index (χ0v) is 17.4. The molecule has 0 aliphatic carbocycles. The molecule has 29 heavy (non-hydrogen) atoms. The molecule has 1 heterocycles. The second-order valence-electron chi connectivity index (χ2n) is 7.13. The number of rotatable bonds is 9. The maximum absolute atomic E-state index is 12.2. The summed E-state index contributed by atoms with van der Waals surface area (Å²) in [5.41, 5.74) is 2.23. The third-order valence-corrected chi connectivity index (χ3v) is 5.16. The molecule has 1 saturated heterocycles. The highest BCUT2D eigenvalue weighted by Gasteiger charge is 2.17. The van der Waals surface area contributed by atoms with Crippen molar-refractivity contribution in [1.82, 2.24) is 10.2 Å². The lowest BCUT2D eigenvalue weighted by Gasteiger charge is -2.36. The largest absolute Gasteiger partial charge is 0.497 e. The number of hydrogen-bond donors (Lipinski definition) is 1. The monoisotopic (exact) mass is 397 g/mol. The van der Waals surface area contributed by atoms with Gasteiger partial charge in [-0.3, -0.25) is 9.69 Å². The van der Waals surface area contributed by atoms with Gasteiger partial charge < -0.3 is 19.7 Å². The first kappa shape index (κ1) is 21.0. The third-order valence-electron chi connectivity index (χ3n) is 5.16. The van der Waals surface area contributed by atoms with Crippen LogP contribution in [0.1, 0.15) is 12.5 Å². The van der Waals surface area contributed by atoms with E-state index in [-0.39, 0.29) is 5.91 Å². The summed E-state index contributed by atoms with van der Waals surface area (Å²) in [6.45, 7) is 8.15. The molecule has 0 aromatic heterocycles. The molecule has 1 aliphatic heterocycles. The fourth-order valence-corrected chi connectivity index (χ4v) is 3.49. The second kappa shape index (κ2) is 10.7. The average Bonchev–Trinajstić information content (AvgIpc) is 2.76. The SMILES string of the molecule is CCOc1ccc(CC(=O)NCCN2CCN(c3ccc(OC)cc3)CC2)cc1. The second-order valence-corrected chi connectivity index (χ2v) is 7.13. The average molecular weight is 398 g/mol. The molecular weight excluding hydrogens is 366 g/mol. The molecule has 0 saturated carbocycles. The Morgan fingerprint density at radius 1 is 0.966 bits per heavy atom. The Bertz CT molecular complexity index is 754. The Morgan fingerprint density at radius 3 is 2.24 bits per heavy atom. The van der Waals surface area contributed by atoms with Crippen LogP contribution in [0.3, 0.4) is 0 Å². The number of piperazine rings is 1. The number of anilines is 1. The molecule has 0 atom stereocenters. The number of nitrogens with zero attached hydrogens (tertiary/aromatic N) is 2. The Labute approximate surface area is 173 Å². The molecule has 1 fully saturated rings. The van der Waals surface area contributed by atoms with Crippen LogP contribution in [0.4, 0.5) is 5.69 Å². The number of hydrogen-bond acceptors (Lipinski definition) is 5. The molecule has 2 aromatic rings. The van der Waals surface area contributed by atoms with E-state index >= 15 is 0 Å². The topological polar surface area (TPSA) is 54.0 Å². The highest BCUT2D eigenvalue weighted by atomic mass is 16.5. The number of benzene rings is 2. The summed E-state index contributed by atoms with van der Waals surface area (Å²) >= 11 is 0. The number of ether oxygens (including phenoxy) is 2. The van der Waals surface area contributed by atoms with Gasteiger partial charge in [-0.05, 0) is 48.9 Å². The van der Waals surface area contributed by atoms with Crippen molar-refractivity contribution in [1.29, 1.82) is 0 Å². The summed E-state index contributed by atoms with van der Waals surface area (Å²) in [6, 6.07) is 15.9. The predicted octanol–water partition coefficient (Wildman–Crippen LogP) is 2.57. The molecule has 1 aliphatic rings. The summed E-state index contributed by atoms with van der Waals surface area (Å²) in [6.07, 6.45) is 0.400. The number of carbonyl (C=O) groups is 1. The standard InChI is InChI=1S/C23H31N3O3/c1-3-29-22-8-4-19(5-9-22)18-23(27)24-12-13-25-14-16-26(17-15-25)20-6-10-21(28-2)11-7-20/h4-11H,3,12-18H2,1-2H3,(H,24,27). The maximum Gasteiger partial charge on any atom is 0.224 e. The maximum atomic E-state index is 12.2. The van der Waals surface area contributed by atoms with Gasteiger partial charge in [0, 0.05) is 45.0 Å². The fourth-order valence-electron chi connectivity index (χ4n) is 3.49. The Hall–Kier alpha value is -2.73. The number of methoxy groups -OCH3 is 1. The van der Waals surface area contributed by atoms with Gasteiger partial charge >= 0.3 is 0 Å². The third kappa shape index (κ3) is 6.39. The molecule has 1 amide bonds. The lowest BCUT2D eigenvalue weighted by atomic mass is 10.1. The van der Waals surface area contributed by atoms with Crippen LogP contribution in [0, 0.1) is 0 Å². The van der Waals surface area contributed by atoms with Crippen LogP contribution >= 0.6 is 0 Å². The van der Waals surface area contributed by atoms with Crippen LogP contribution in [-0.4, -0.2) is 63.8 Å². The molecule has 6 heteroatoms. The summed E-state index contributed by atoms with van der Waals surface area (Å²) in [5.74, 6) is 1.78. The quantitative estimate of drug-likeness (QED) is 0.705. The van der Waals surface area contributed by atoms with Crippen molar-refractivity contribution in [2.45, 2.75) is 13.3 Å². The van der Waals surface area contributed by atoms with Crippen molar-refractivity contribution in [3.8, 4) is 11.5 Å². The Morgan fingerprint density at radius 2 is 1.62 bits per heavy atom. The molecule has 0 radical (unpaired) electrons. The molecule has 3 rings (SSSR count). The van der Waals surface area contributed by atoms with E-state index in [1.165, 1.54) is 5.69 Å². The molecule has 2 aromatic carbocycles. The van der Waals surface area contributed by atoms with Gasteiger partial charge in [0.15, 0.2) is 0 Å². The lowest BCUT2D eigenvalue weighted by Crippen LogP contribution is -2.48. The van der Waals surface area contributed by atoms with Gasteiger partial charge in [0.2, 0.25) is 5.91 Å². The van der Waals surface area contributed by atoms with E-state index in [9.17, 15) is 4.79 Å². The van der Waals surface area contributed by atoms with E-state index in [1.54, 1.807) is 7.11 Å². The van der Waals surface area contributed by atoms with E-state index in [1.807, 2.05) is 43.3 Å². The van der Waals surface area contributed by atoms with Gasteiger partial charge in [0.05, 0.1) is 20.1 Å². The summed E-state index contributed by atoms with van der Waals surface area (Å²) in [5, 5.41) is 3.03. The zero-order chi connectivity index (χ0) is 20.5. The van der Waals surface area contributed by atoms with Crippen LogP contribution in [0.5, 0.6) is 11.5 Å². The van der Waals surface area contributed by atoms with Gasteiger partial charge in [-0.15, -0.1) is 0 Å². The molecule has 156 valence electrons. The summed E-state index contributed by atoms with van der Waals surface area (Å²) < 4.78 is 10.7. The van der Waals surface area contributed by atoms with Gasteiger partial charge in [0.1, 0.15) is 11.5 Å². The Kier molecular flexibility index (Phi) is 7.76. The first-order valence-electron chi connectivity index (χ1n) is 10.3. The highest BCUT2D eigenvalue weighted by molar-refractivity contribution is 5.78. The first-order chi connectivity index (χ1) is 14.2. The van der Waals surface area contributed by atoms with Gasteiger partial charge in [-0.2, -0.15) is 0 Å². The van der Waals surface area contributed by atoms with Gasteiger partial charge in [-0.25, -0.2) is 0 Å². The molecule has 0 bridgehead atoms. The van der Waals surface area contributed by atoms with Crippen molar-refractivity contribution in [3.05, 3.63) is 54.1 Å². The van der Waals surface area contributed by atoms with Crippen LogP contribution in [0.15, 0.2) is 48.5 Å². The molecule has 6 nitrogen and oxygen atoms in total. The first-order valence-corrected chi connectivity index (χ1v) is 10.3. The zero-order valence-electron chi connectivity index (χ0n) is 17.4. The molecule has 0 unspecified atom stereocenters. The van der Waals surface area contributed by atoms with E-state index in [4.69, 9.17) is 9.47 Å². The van der Waals surface area contributed by atoms with E-state index in [0.29, 0.717) is 19.6 Å². The van der Waals surface area contributed by atoms with Crippen LogP contribution in [-0.2, 0) is 11.2 Å². The molecule has 1 N–H and O–H groups in total. The van der Waals surface area contributed by atoms with Crippen LogP contribution in [0.2, 0.25) is 0 Å². The minimum absolute atomic E-state index is 0.0611. The summed E-state index contributed by atoms with van der Waals surface area (Å²) in [7, 11) is 1.69. The minimum Gasteiger partial charge on any atom is -0.497 e. The normalized spacial score (nSPS) is 14.5. The number of nitrogens with one attached hydrogen (secondary N) is 1.